The van der Waals surface area contributed by atoms with E-state index in [9.17, 15) is 24.9 Å². The Morgan fingerprint density at radius 3 is 2.67 bits per heavy atom. The fourth-order valence-corrected chi connectivity index (χ4v) is 2.43. The molecule has 0 bridgehead atoms. The van der Waals surface area contributed by atoms with Crippen LogP contribution in [0, 0.1) is 0 Å². The topological polar surface area (TPSA) is 145 Å². The second kappa shape index (κ2) is 6.08. The van der Waals surface area contributed by atoms with Gasteiger partial charge in [0.1, 0.15) is 18.3 Å². The van der Waals surface area contributed by atoms with E-state index < -0.39 is 41.8 Å². The minimum atomic E-state index is -1.67. The van der Waals surface area contributed by atoms with Gasteiger partial charge in [0.05, 0.1) is 18.8 Å². The molecule has 1 aromatic heterocycles. The molecule has 0 radical (unpaired) electrons. The molecule has 2 heterocycles. The average molecular weight is 302 g/mol. The first-order valence-electron chi connectivity index (χ1n) is 6.51. The summed E-state index contributed by atoms with van der Waals surface area (Å²) in [6.07, 6.45) is -2.84. The van der Waals surface area contributed by atoms with E-state index in [1.807, 2.05) is 4.98 Å². The number of aliphatic hydroxyl groups is 3. The average Bonchev–Trinajstić information content (AvgIpc) is 2.70. The lowest BCUT2D eigenvalue weighted by molar-refractivity contribution is -0.137. The first-order chi connectivity index (χ1) is 9.96. The summed E-state index contributed by atoms with van der Waals surface area (Å²) >= 11 is 0. The van der Waals surface area contributed by atoms with Gasteiger partial charge in [-0.05, 0) is 6.92 Å². The van der Waals surface area contributed by atoms with E-state index in [4.69, 9.17) is 9.47 Å². The third kappa shape index (κ3) is 2.65. The van der Waals surface area contributed by atoms with E-state index in [1.54, 1.807) is 6.92 Å². The number of ether oxygens (including phenoxy) is 2. The van der Waals surface area contributed by atoms with Crippen LogP contribution in [0.5, 0.6) is 0 Å². The van der Waals surface area contributed by atoms with Crippen LogP contribution in [0.4, 0.5) is 0 Å². The molecule has 0 unspecified atom stereocenters. The molecule has 9 nitrogen and oxygen atoms in total. The summed E-state index contributed by atoms with van der Waals surface area (Å²) in [6, 6.07) is 0. The van der Waals surface area contributed by atoms with Gasteiger partial charge in [-0.25, -0.2) is 4.79 Å². The highest BCUT2D eigenvalue weighted by Crippen LogP contribution is 2.38. The van der Waals surface area contributed by atoms with Gasteiger partial charge in [-0.1, -0.05) is 0 Å². The number of hydrogen-bond donors (Lipinski definition) is 5. The van der Waals surface area contributed by atoms with E-state index in [2.05, 4.69) is 4.98 Å². The third-order valence-electron chi connectivity index (χ3n) is 3.52. The second-order valence-corrected chi connectivity index (χ2v) is 4.79. The zero-order valence-corrected chi connectivity index (χ0v) is 11.4. The van der Waals surface area contributed by atoms with Crippen molar-refractivity contribution in [2.45, 2.75) is 30.8 Å². The van der Waals surface area contributed by atoms with Gasteiger partial charge in [-0.15, -0.1) is 0 Å². The fraction of sp³-hybridized carbons (Fsp3) is 0.667. The zero-order chi connectivity index (χ0) is 15.6. The molecule has 0 amide bonds. The van der Waals surface area contributed by atoms with Crippen LogP contribution in [0.1, 0.15) is 12.5 Å². The molecule has 0 aromatic carbocycles. The number of aromatic amines is 2. The quantitative estimate of drug-likeness (QED) is 0.401. The van der Waals surface area contributed by atoms with E-state index in [-0.39, 0.29) is 12.2 Å². The van der Waals surface area contributed by atoms with Crippen LogP contribution in [0.15, 0.2) is 15.8 Å². The maximum Gasteiger partial charge on any atom is 0.325 e. The maximum absolute atomic E-state index is 12.0. The van der Waals surface area contributed by atoms with Gasteiger partial charge >= 0.3 is 5.69 Å². The Balaban J connectivity index is 2.52. The highest BCUT2D eigenvalue weighted by molar-refractivity contribution is 5.22. The second-order valence-electron chi connectivity index (χ2n) is 4.79. The summed E-state index contributed by atoms with van der Waals surface area (Å²) in [6.45, 7) is 1.26. The molecule has 1 aliphatic heterocycles. The van der Waals surface area contributed by atoms with Crippen LogP contribution >= 0.6 is 0 Å². The Kier molecular flexibility index (Phi) is 4.59. The molecule has 21 heavy (non-hydrogen) atoms. The largest absolute Gasteiger partial charge is 0.394 e. The van der Waals surface area contributed by atoms with Crippen molar-refractivity contribution in [2.75, 3.05) is 19.8 Å². The summed E-state index contributed by atoms with van der Waals surface area (Å²) in [4.78, 5) is 27.4. The van der Waals surface area contributed by atoms with Crippen molar-refractivity contribution in [1.29, 1.82) is 0 Å². The van der Waals surface area contributed by atoms with Crippen molar-refractivity contribution in [2.24, 2.45) is 0 Å². The summed E-state index contributed by atoms with van der Waals surface area (Å²) in [5, 5.41) is 29.4. The highest BCUT2D eigenvalue weighted by atomic mass is 16.6. The normalized spacial score (nSPS) is 32.5. The molecule has 1 fully saturated rings. The molecule has 1 aliphatic rings. The number of aromatic nitrogens is 2. The van der Waals surface area contributed by atoms with Crippen molar-refractivity contribution < 1.29 is 24.8 Å². The molecule has 5 N–H and O–H groups in total. The molecule has 118 valence electrons. The van der Waals surface area contributed by atoms with Crippen LogP contribution in [0.2, 0.25) is 0 Å². The Hall–Kier alpha value is -1.52. The van der Waals surface area contributed by atoms with E-state index in [0.717, 1.165) is 6.20 Å². The lowest BCUT2D eigenvalue weighted by atomic mass is 9.89. The van der Waals surface area contributed by atoms with E-state index in [1.165, 1.54) is 0 Å². The number of nitrogens with one attached hydrogen (secondary N) is 2. The minimum absolute atomic E-state index is 0.0851. The Morgan fingerprint density at radius 2 is 2.14 bits per heavy atom. The number of aliphatic hydroxyl groups excluding tert-OH is 3. The molecule has 0 spiro atoms. The fourth-order valence-electron chi connectivity index (χ4n) is 2.43. The molecule has 2 rings (SSSR count). The number of hydrogen-bond acceptors (Lipinski definition) is 7. The minimum Gasteiger partial charge on any atom is -0.394 e. The van der Waals surface area contributed by atoms with Crippen LogP contribution in [-0.2, 0) is 15.1 Å². The molecule has 0 aliphatic carbocycles. The maximum atomic E-state index is 12.0. The molecule has 1 aromatic rings. The van der Waals surface area contributed by atoms with Gasteiger partial charge in [0.25, 0.3) is 5.56 Å². The highest BCUT2D eigenvalue weighted by Gasteiger charge is 2.56. The standard InChI is InChI=1S/C12H18N2O7/c1-2-20-5-12(6-3-13-11(19)14-10(6)18)9(17)8(16)7(4-15)21-12/h3,7-9,15-17H,2,4-5H2,1H3,(H2,13,14,18,19)/t7-,8-,9-,12+/m1/s1. The summed E-state index contributed by atoms with van der Waals surface area (Å²) in [7, 11) is 0. The van der Waals surface area contributed by atoms with Gasteiger partial charge in [-0.3, -0.25) is 9.78 Å². The molecule has 1 saturated heterocycles. The van der Waals surface area contributed by atoms with Gasteiger partial charge in [0.2, 0.25) is 0 Å². The first kappa shape index (κ1) is 15.9. The van der Waals surface area contributed by atoms with Crippen LogP contribution in [-0.4, -0.2) is 63.4 Å². The first-order valence-corrected chi connectivity index (χ1v) is 6.51. The van der Waals surface area contributed by atoms with Crippen molar-refractivity contribution in [3.63, 3.8) is 0 Å². The van der Waals surface area contributed by atoms with Gasteiger partial charge < -0.3 is 29.8 Å². The molecule has 0 saturated carbocycles. The Bertz CT molecular complexity index is 598. The molecule has 4 atom stereocenters. The smallest absolute Gasteiger partial charge is 0.325 e. The predicted octanol–water partition coefficient (Wildman–Crippen LogP) is -2.59. The molecular formula is C12H18N2O7. The SMILES string of the molecule is CCOC[C@@]1(c2c[nH]c(=O)[nH]c2=O)O[C@H](CO)[C@@H](O)[C@H]1O. The van der Waals surface area contributed by atoms with Crippen molar-refractivity contribution in [3.05, 3.63) is 32.6 Å². The summed E-state index contributed by atoms with van der Waals surface area (Å²) in [5.41, 5.74) is -3.22. The molecule has 9 heteroatoms. The monoisotopic (exact) mass is 302 g/mol. The zero-order valence-electron chi connectivity index (χ0n) is 11.4. The van der Waals surface area contributed by atoms with Crippen LogP contribution < -0.4 is 11.2 Å². The third-order valence-corrected chi connectivity index (χ3v) is 3.52. The van der Waals surface area contributed by atoms with E-state index >= 15 is 0 Å². The van der Waals surface area contributed by atoms with Gasteiger partial charge in [0.15, 0.2) is 5.60 Å². The van der Waals surface area contributed by atoms with Gasteiger partial charge in [0, 0.05) is 12.8 Å². The van der Waals surface area contributed by atoms with Gasteiger partial charge in [-0.2, -0.15) is 0 Å². The predicted molar refractivity (Wildman–Crippen MR) is 69.8 cm³/mol. The van der Waals surface area contributed by atoms with Crippen LogP contribution in [0.3, 0.4) is 0 Å². The van der Waals surface area contributed by atoms with Crippen LogP contribution in [0.25, 0.3) is 0 Å². The lowest BCUT2D eigenvalue weighted by Gasteiger charge is -2.31. The Labute approximate surface area is 119 Å². The number of H-pyrrole nitrogens is 2. The Morgan fingerprint density at radius 1 is 1.43 bits per heavy atom. The van der Waals surface area contributed by atoms with Crippen molar-refractivity contribution >= 4 is 0 Å². The summed E-state index contributed by atoms with van der Waals surface area (Å²) in [5.74, 6) is 0. The molecular weight excluding hydrogens is 284 g/mol. The summed E-state index contributed by atoms with van der Waals surface area (Å²) < 4.78 is 10.8. The lowest BCUT2D eigenvalue weighted by Crippen LogP contribution is -2.48. The van der Waals surface area contributed by atoms with E-state index in [0.29, 0.717) is 6.61 Å². The van der Waals surface area contributed by atoms with Crippen molar-refractivity contribution in [1.82, 2.24) is 9.97 Å². The van der Waals surface area contributed by atoms with Crippen molar-refractivity contribution in [3.8, 4) is 0 Å². The number of rotatable bonds is 5.